The first-order chi connectivity index (χ1) is 10.6. The molecule has 1 atom stereocenters. The number of rotatable bonds is 6. The lowest BCUT2D eigenvalue weighted by atomic mass is 9.91. The van der Waals surface area contributed by atoms with Crippen LogP contribution in [-0.4, -0.2) is 44.4 Å². The van der Waals surface area contributed by atoms with Gasteiger partial charge in [0, 0.05) is 7.11 Å². The summed E-state index contributed by atoms with van der Waals surface area (Å²) in [6.45, 7) is 3.97. The molecule has 1 amide bonds. The third-order valence-corrected chi connectivity index (χ3v) is 4.59. The first kappa shape index (κ1) is 17.2. The molecule has 1 aliphatic heterocycles. The predicted octanol–water partition coefficient (Wildman–Crippen LogP) is 2.10. The van der Waals surface area contributed by atoms with Crippen molar-refractivity contribution in [1.82, 2.24) is 10.6 Å². The molecule has 5 nitrogen and oxygen atoms in total. The van der Waals surface area contributed by atoms with Crippen molar-refractivity contribution in [3.05, 3.63) is 28.7 Å². The highest BCUT2D eigenvalue weighted by atomic mass is 79.9. The molecule has 22 heavy (non-hydrogen) atoms. The van der Waals surface area contributed by atoms with Crippen LogP contribution in [0.5, 0.6) is 5.75 Å². The Morgan fingerprint density at radius 2 is 2.09 bits per heavy atom. The van der Waals surface area contributed by atoms with Crippen molar-refractivity contribution in [1.29, 1.82) is 0 Å². The van der Waals surface area contributed by atoms with Gasteiger partial charge < -0.3 is 20.1 Å². The van der Waals surface area contributed by atoms with Crippen molar-refractivity contribution in [2.45, 2.75) is 31.5 Å². The largest absolute Gasteiger partial charge is 0.488 e. The molecule has 1 fully saturated rings. The van der Waals surface area contributed by atoms with Gasteiger partial charge in [0.15, 0.2) is 0 Å². The van der Waals surface area contributed by atoms with E-state index in [2.05, 4.69) is 26.6 Å². The van der Waals surface area contributed by atoms with Crippen LogP contribution in [0.2, 0.25) is 0 Å². The molecule has 0 aromatic heterocycles. The van der Waals surface area contributed by atoms with Gasteiger partial charge in [0.1, 0.15) is 17.5 Å². The van der Waals surface area contributed by atoms with Crippen LogP contribution in [-0.2, 0) is 9.53 Å². The Bertz CT molecular complexity index is 504. The maximum absolute atomic E-state index is 12.4. The molecule has 0 aliphatic carbocycles. The predicted molar refractivity (Wildman–Crippen MR) is 89.1 cm³/mol. The van der Waals surface area contributed by atoms with Crippen molar-refractivity contribution in [3.63, 3.8) is 0 Å². The zero-order valence-electron chi connectivity index (χ0n) is 13.0. The molecule has 1 saturated heterocycles. The number of hydrogen-bond donors (Lipinski definition) is 2. The van der Waals surface area contributed by atoms with Crippen molar-refractivity contribution >= 4 is 21.8 Å². The maximum atomic E-state index is 12.4. The SMILES string of the molecule is COC1(C(=O)NCC(C)Oc2ccccc2Br)CCNCC1. The van der Waals surface area contributed by atoms with Crippen LogP contribution < -0.4 is 15.4 Å². The molecule has 1 aliphatic rings. The molecule has 122 valence electrons. The summed E-state index contributed by atoms with van der Waals surface area (Å²) in [5.74, 6) is 0.714. The number of para-hydroxylation sites is 1. The van der Waals surface area contributed by atoms with Gasteiger partial charge in [0.05, 0.1) is 11.0 Å². The number of hydrogen-bond acceptors (Lipinski definition) is 4. The molecule has 1 unspecified atom stereocenters. The van der Waals surface area contributed by atoms with Crippen LogP contribution >= 0.6 is 15.9 Å². The summed E-state index contributed by atoms with van der Waals surface area (Å²) in [5.41, 5.74) is -0.710. The summed E-state index contributed by atoms with van der Waals surface area (Å²) in [6.07, 6.45) is 1.25. The average molecular weight is 371 g/mol. The van der Waals surface area contributed by atoms with E-state index in [1.165, 1.54) is 0 Å². The Hall–Kier alpha value is -1.11. The number of carbonyl (C=O) groups is 1. The monoisotopic (exact) mass is 370 g/mol. The summed E-state index contributed by atoms with van der Waals surface area (Å²) < 4.78 is 12.2. The minimum absolute atomic E-state index is 0.0564. The molecule has 2 rings (SSSR count). The van der Waals surface area contributed by atoms with Crippen molar-refractivity contribution in [2.75, 3.05) is 26.7 Å². The van der Waals surface area contributed by atoms with Crippen LogP contribution in [0.4, 0.5) is 0 Å². The van der Waals surface area contributed by atoms with Gasteiger partial charge in [-0.25, -0.2) is 0 Å². The molecule has 2 N–H and O–H groups in total. The Morgan fingerprint density at radius 1 is 1.41 bits per heavy atom. The van der Waals surface area contributed by atoms with E-state index in [0.29, 0.717) is 19.4 Å². The van der Waals surface area contributed by atoms with Gasteiger partial charge in [-0.3, -0.25) is 4.79 Å². The summed E-state index contributed by atoms with van der Waals surface area (Å²) in [7, 11) is 1.60. The Morgan fingerprint density at radius 3 is 2.73 bits per heavy atom. The van der Waals surface area contributed by atoms with Crippen molar-refractivity contribution < 1.29 is 14.3 Å². The Labute approximate surface area is 139 Å². The molecule has 1 aromatic carbocycles. The standard InChI is InChI=1S/C16H23BrN2O3/c1-12(22-14-6-4-3-5-13(14)17)11-19-15(20)16(21-2)7-9-18-10-8-16/h3-6,12,18H,7-11H2,1-2H3,(H,19,20). The molecule has 1 heterocycles. The second-order valence-electron chi connectivity index (χ2n) is 5.52. The van der Waals surface area contributed by atoms with Crippen LogP contribution in [0.25, 0.3) is 0 Å². The number of benzene rings is 1. The summed E-state index contributed by atoms with van der Waals surface area (Å²) >= 11 is 3.45. The number of amides is 1. The molecule has 1 aromatic rings. The average Bonchev–Trinajstić information content (AvgIpc) is 2.55. The topological polar surface area (TPSA) is 59.6 Å². The highest BCUT2D eigenvalue weighted by Gasteiger charge is 2.39. The minimum atomic E-state index is -0.710. The van der Waals surface area contributed by atoms with E-state index in [9.17, 15) is 4.79 Å². The normalized spacial score (nSPS) is 18.5. The van der Waals surface area contributed by atoms with Crippen LogP contribution in [0.15, 0.2) is 28.7 Å². The van der Waals surface area contributed by atoms with E-state index >= 15 is 0 Å². The Balaban J connectivity index is 1.86. The number of piperidine rings is 1. The Kier molecular flexibility index (Phi) is 6.23. The van der Waals surface area contributed by atoms with Gasteiger partial charge in [0.25, 0.3) is 5.91 Å². The van der Waals surface area contributed by atoms with Crippen LogP contribution in [0, 0.1) is 0 Å². The number of nitrogens with one attached hydrogen (secondary N) is 2. The summed E-state index contributed by atoms with van der Waals surface area (Å²) in [4.78, 5) is 12.4. The van der Waals surface area contributed by atoms with Gasteiger partial charge >= 0.3 is 0 Å². The van der Waals surface area contributed by atoms with Gasteiger partial charge in [-0.15, -0.1) is 0 Å². The van der Waals surface area contributed by atoms with Gasteiger partial charge in [-0.05, 0) is 60.9 Å². The minimum Gasteiger partial charge on any atom is -0.488 e. The van der Waals surface area contributed by atoms with Crippen molar-refractivity contribution in [2.24, 2.45) is 0 Å². The number of carbonyl (C=O) groups excluding carboxylic acids is 1. The lowest BCUT2D eigenvalue weighted by molar-refractivity contribution is -0.147. The second-order valence-corrected chi connectivity index (χ2v) is 6.37. The van der Waals surface area contributed by atoms with E-state index in [1.807, 2.05) is 31.2 Å². The van der Waals surface area contributed by atoms with Crippen molar-refractivity contribution in [3.8, 4) is 5.75 Å². The van der Waals surface area contributed by atoms with E-state index in [0.717, 1.165) is 23.3 Å². The first-order valence-corrected chi connectivity index (χ1v) is 8.32. The summed E-state index contributed by atoms with van der Waals surface area (Å²) in [6, 6.07) is 7.67. The zero-order chi connectivity index (χ0) is 16.0. The maximum Gasteiger partial charge on any atom is 0.252 e. The molecule has 6 heteroatoms. The number of halogens is 1. The fraction of sp³-hybridized carbons (Fsp3) is 0.562. The smallest absolute Gasteiger partial charge is 0.252 e. The van der Waals surface area contributed by atoms with E-state index in [-0.39, 0.29) is 12.0 Å². The van der Waals surface area contributed by atoms with Crippen LogP contribution in [0.1, 0.15) is 19.8 Å². The molecule has 0 bridgehead atoms. The lowest BCUT2D eigenvalue weighted by Crippen LogP contribution is -2.55. The summed E-state index contributed by atoms with van der Waals surface area (Å²) in [5, 5.41) is 6.19. The lowest BCUT2D eigenvalue weighted by Gasteiger charge is -2.35. The fourth-order valence-corrected chi connectivity index (χ4v) is 2.93. The van der Waals surface area contributed by atoms with E-state index in [1.54, 1.807) is 7.11 Å². The number of methoxy groups -OCH3 is 1. The van der Waals surface area contributed by atoms with Gasteiger partial charge in [-0.1, -0.05) is 12.1 Å². The number of ether oxygens (including phenoxy) is 2. The first-order valence-electron chi connectivity index (χ1n) is 7.53. The molecule has 0 saturated carbocycles. The fourth-order valence-electron chi connectivity index (χ4n) is 2.55. The highest BCUT2D eigenvalue weighted by molar-refractivity contribution is 9.10. The third-order valence-electron chi connectivity index (χ3n) is 3.93. The highest BCUT2D eigenvalue weighted by Crippen LogP contribution is 2.25. The molecular weight excluding hydrogens is 348 g/mol. The zero-order valence-corrected chi connectivity index (χ0v) is 14.6. The van der Waals surface area contributed by atoms with E-state index < -0.39 is 5.60 Å². The molecule has 0 spiro atoms. The molecular formula is C16H23BrN2O3. The third kappa shape index (κ3) is 4.21. The molecule has 0 radical (unpaired) electrons. The van der Waals surface area contributed by atoms with Crippen LogP contribution in [0.3, 0.4) is 0 Å². The van der Waals surface area contributed by atoms with E-state index in [4.69, 9.17) is 9.47 Å². The second kappa shape index (κ2) is 7.94. The van der Waals surface area contributed by atoms with Gasteiger partial charge in [0.2, 0.25) is 0 Å². The quantitative estimate of drug-likeness (QED) is 0.804. The van der Waals surface area contributed by atoms with Gasteiger partial charge in [-0.2, -0.15) is 0 Å².